The van der Waals surface area contributed by atoms with Crippen molar-refractivity contribution in [1.82, 2.24) is 0 Å². The first-order chi connectivity index (χ1) is 13.9. The molecule has 1 atom stereocenters. The molecule has 0 bridgehead atoms. The van der Waals surface area contributed by atoms with E-state index in [9.17, 15) is 9.90 Å². The summed E-state index contributed by atoms with van der Waals surface area (Å²) in [5, 5.41) is 15.3. The molecular formula is C24H27NO4. The predicted octanol–water partition coefficient (Wildman–Crippen LogP) is 5.69. The van der Waals surface area contributed by atoms with E-state index in [0.29, 0.717) is 17.0 Å². The van der Waals surface area contributed by atoms with E-state index in [1.807, 2.05) is 63.2 Å². The van der Waals surface area contributed by atoms with Crippen molar-refractivity contribution in [2.75, 3.05) is 11.9 Å². The first-order valence-corrected chi connectivity index (χ1v) is 9.76. The van der Waals surface area contributed by atoms with Crippen LogP contribution in [-0.4, -0.2) is 23.4 Å². The van der Waals surface area contributed by atoms with E-state index < -0.39 is 17.8 Å². The standard InChI is InChI=1S/C24H27NO4/c1-4-24(2,3)29-23(27)25-20-12-9-18(10-13-20)22(26)16-28-21-14-11-17-7-5-6-8-19(17)15-21/h5-15,22,26H,4,16H2,1-3H3,(H,25,27). The number of carbonyl (C=O) groups excluding carboxylic acids is 1. The molecule has 0 aliphatic carbocycles. The third-order valence-electron chi connectivity index (χ3n) is 4.89. The van der Waals surface area contributed by atoms with Crippen LogP contribution in [0.4, 0.5) is 10.5 Å². The van der Waals surface area contributed by atoms with E-state index in [1.54, 1.807) is 24.3 Å². The van der Waals surface area contributed by atoms with E-state index >= 15 is 0 Å². The SMILES string of the molecule is CCC(C)(C)OC(=O)Nc1ccc(C(O)COc2ccc3ccccc3c2)cc1. The summed E-state index contributed by atoms with van der Waals surface area (Å²) >= 11 is 0. The van der Waals surface area contributed by atoms with Gasteiger partial charge in [0.25, 0.3) is 0 Å². The zero-order valence-corrected chi connectivity index (χ0v) is 17.0. The van der Waals surface area contributed by atoms with Gasteiger partial charge in [-0.15, -0.1) is 0 Å². The van der Waals surface area contributed by atoms with Crippen LogP contribution in [-0.2, 0) is 4.74 Å². The highest BCUT2D eigenvalue weighted by molar-refractivity contribution is 5.85. The number of ether oxygens (including phenoxy) is 2. The molecule has 1 amide bonds. The average molecular weight is 393 g/mol. The summed E-state index contributed by atoms with van der Waals surface area (Å²) in [7, 11) is 0. The van der Waals surface area contributed by atoms with Crippen LogP contribution in [0.3, 0.4) is 0 Å². The second-order valence-corrected chi connectivity index (χ2v) is 7.59. The van der Waals surface area contributed by atoms with Crippen LogP contribution in [0.5, 0.6) is 5.75 Å². The molecule has 5 heteroatoms. The van der Waals surface area contributed by atoms with Gasteiger partial charge in [0.1, 0.15) is 24.1 Å². The molecule has 3 rings (SSSR count). The molecule has 29 heavy (non-hydrogen) atoms. The smallest absolute Gasteiger partial charge is 0.412 e. The number of carbonyl (C=O) groups is 1. The summed E-state index contributed by atoms with van der Waals surface area (Å²) in [4.78, 5) is 12.0. The predicted molar refractivity (Wildman–Crippen MR) is 115 cm³/mol. The molecule has 0 saturated heterocycles. The fourth-order valence-corrected chi connectivity index (χ4v) is 2.78. The van der Waals surface area contributed by atoms with Gasteiger partial charge in [0.2, 0.25) is 0 Å². The minimum Gasteiger partial charge on any atom is -0.491 e. The van der Waals surface area contributed by atoms with E-state index in [4.69, 9.17) is 9.47 Å². The number of anilines is 1. The molecular weight excluding hydrogens is 366 g/mol. The van der Waals surface area contributed by atoms with Crippen molar-refractivity contribution in [3.8, 4) is 5.75 Å². The summed E-state index contributed by atoms with van der Waals surface area (Å²) < 4.78 is 11.1. The van der Waals surface area contributed by atoms with Crippen LogP contribution in [0.1, 0.15) is 38.9 Å². The lowest BCUT2D eigenvalue weighted by Crippen LogP contribution is -2.29. The van der Waals surface area contributed by atoms with E-state index in [0.717, 1.165) is 17.2 Å². The number of fused-ring (bicyclic) bond motifs is 1. The lowest BCUT2D eigenvalue weighted by atomic mass is 10.1. The number of benzene rings is 3. The van der Waals surface area contributed by atoms with Crippen molar-refractivity contribution < 1.29 is 19.4 Å². The van der Waals surface area contributed by atoms with Crippen LogP contribution in [0.15, 0.2) is 66.7 Å². The Morgan fingerprint density at radius 1 is 1.03 bits per heavy atom. The average Bonchev–Trinajstić information content (AvgIpc) is 2.72. The molecule has 0 spiro atoms. The Morgan fingerprint density at radius 2 is 1.72 bits per heavy atom. The highest BCUT2D eigenvalue weighted by atomic mass is 16.6. The summed E-state index contributed by atoms with van der Waals surface area (Å²) in [6.45, 7) is 5.82. The fraction of sp³-hybridized carbons (Fsp3) is 0.292. The molecule has 1 unspecified atom stereocenters. The second-order valence-electron chi connectivity index (χ2n) is 7.59. The Kier molecular flexibility index (Phi) is 6.39. The molecule has 0 radical (unpaired) electrons. The summed E-state index contributed by atoms with van der Waals surface area (Å²) in [6.07, 6.45) is -0.547. The Balaban J connectivity index is 1.55. The zero-order valence-electron chi connectivity index (χ0n) is 17.0. The molecule has 0 heterocycles. The van der Waals surface area contributed by atoms with E-state index in [2.05, 4.69) is 5.32 Å². The molecule has 0 aromatic heterocycles. The quantitative estimate of drug-likeness (QED) is 0.541. The lowest BCUT2D eigenvalue weighted by molar-refractivity contribution is 0.0462. The Hall–Kier alpha value is -3.05. The lowest BCUT2D eigenvalue weighted by Gasteiger charge is -2.23. The fourth-order valence-electron chi connectivity index (χ4n) is 2.78. The maximum absolute atomic E-state index is 12.0. The van der Waals surface area contributed by atoms with Crippen molar-refractivity contribution in [3.63, 3.8) is 0 Å². The van der Waals surface area contributed by atoms with Crippen molar-refractivity contribution >= 4 is 22.6 Å². The minimum atomic E-state index is -0.776. The molecule has 0 aliphatic heterocycles. The van der Waals surface area contributed by atoms with Crippen LogP contribution >= 0.6 is 0 Å². The van der Waals surface area contributed by atoms with Crippen LogP contribution < -0.4 is 10.1 Å². The molecule has 0 fully saturated rings. The molecule has 5 nitrogen and oxygen atoms in total. The molecule has 3 aromatic carbocycles. The third-order valence-corrected chi connectivity index (χ3v) is 4.89. The zero-order chi connectivity index (χ0) is 20.9. The third kappa shape index (κ3) is 5.72. The van der Waals surface area contributed by atoms with Gasteiger partial charge in [-0.1, -0.05) is 49.4 Å². The number of nitrogens with one attached hydrogen (secondary N) is 1. The van der Waals surface area contributed by atoms with Crippen LogP contribution in [0.25, 0.3) is 10.8 Å². The molecule has 0 aliphatic rings. The van der Waals surface area contributed by atoms with Crippen LogP contribution in [0.2, 0.25) is 0 Å². The topological polar surface area (TPSA) is 67.8 Å². The van der Waals surface area contributed by atoms with Crippen LogP contribution in [0, 0.1) is 0 Å². The second kappa shape index (κ2) is 8.97. The van der Waals surface area contributed by atoms with Gasteiger partial charge >= 0.3 is 6.09 Å². The van der Waals surface area contributed by atoms with Gasteiger partial charge in [-0.2, -0.15) is 0 Å². The molecule has 152 valence electrons. The van der Waals surface area contributed by atoms with Crippen molar-refractivity contribution in [2.24, 2.45) is 0 Å². The van der Waals surface area contributed by atoms with Gasteiger partial charge in [0.05, 0.1) is 0 Å². The van der Waals surface area contributed by atoms with Crippen molar-refractivity contribution in [3.05, 3.63) is 72.3 Å². The Bertz CT molecular complexity index is 966. The first kappa shape index (κ1) is 20.7. The first-order valence-electron chi connectivity index (χ1n) is 9.76. The molecule has 3 aromatic rings. The van der Waals surface area contributed by atoms with E-state index in [1.165, 1.54) is 0 Å². The number of hydrogen-bond donors (Lipinski definition) is 2. The maximum atomic E-state index is 12.0. The minimum absolute atomic E-state index is 0.137. The summed E-state index contributed by atoms with van der Waals surface area (Å²) in [5.74, 6) is 0.710. The van der Waals surface area contributed by atoms with E-state index in [-0.39, 0.29) is 6.61 Å². The molecule has 2 N–H and O–H groups in total. The van der Waals surface area contributed by atoms with Gasteiger partial charge in [-0.3, -0.25) is 5.32 Å². The Labute approximate surface area is 171 Å². The number of hydrogen-bond acceptors (Lipinski definition) is 4. The van der Waals surface area contributed by atoms with Crippen molar-refractivity contribution in [1.29, 1.82) is 0 Å². The van der Waals surface area contributed by atoms with Crippen molar-refractivity contribution in [2.45, 2.75) is 38.9 Å². The number of rotatable bonds is 7. The highest BCUT2D eigenvalue weighted by Gasteiger charge is 2.20. The highest BCUT2D eigenvalue weighted by Crippen LogP contribution is 2.23. The number of amides is 1. The number of aliphatic hydroxyl groups excluding tert-OH is 1. The largest absolute Gasteiger partial charge is 0.491 e. The summed E-state index contributed by atoms with van der Waals surface area (Å²) in [6, 6.07) is 20.9. The monoisotopic (exact) mass is 393 g/mol. The summed E-state index contributed by atoms with van der Waals surface area (Å²) in [5.41, 5.74) is 0.798. The van der Waals surface area contributed by atoms with Gasteiger partial charge in [-0.25, -0.2) is 4.79 Å². The van der Waals surface area contributed by atoms with Gasteiger partial charge in [-0.05, 0) is 60.9 Å². The Morgan fingerprint density at radius 3 is 2.41 bits per heavy atom. The molecule has 0 saturated carbocycles. The maximum Gasteiger partial charge on any atom is 0.412 e. The van der Waals surface area contributed by atoms with Gasteiger partial charge in [0, 0.05) is 5.69 Å². The normalized spacial score (nSPS) is 12.4. The van der Waals surface area contributed by atoms with Gasteiger partial charge in [0.15, 0.2) is 0 Å². The van der Waals surface area contributed by atoms with Gasteiger partial charge < -0.3 is 14.6 Å². The number of aliphatic hydroxyl groups is 1.